The molecule has 0 aliphatic carbocycles. The largest absolute Gasteiger partial charge is 0.486 e. The Bertz CT molecular complexity index is 399. The van der Waals surface area contributed by atoms with E-state index in [9.17, 15) is 0 Å². The van der Waals surface area contributed by atoms with Gasteiger partial charge in [0.1, 0.15) is 13.2 Å². The fourth-order valence-electron chi connectivity index (χ4n) is 2.76. The van der Waals surface area contributed by atoms with Gasteiger partial charge in [0, 0.05) is 0 Å². The molecule has 0 amide bonds. The molecule has 1 aromatic carbocycles. The highest BCUT2D eigenvalue weighted by Crippen LogP contribution is 2.31. The molecule has 2 heterocycles. The highest BCUT2D eigenvalue weighted by Gasteiger charge is 2.13. The van der Waals surface area contributed by atoms with E-state index in [0.29, 0.717) is 13.2 Å². The second-order valence-electron chi connectivity index (χ2n) is 5.13. The van der Waals surface area contributed by atoms with E-state index in [1.807, 2.05) is 6.07 Å². The first-order valence-corrected chi connectivity index (χ1v) is 7.03. The van der Waals surface area contributed by atoms with Gasteiger partial charge >= 0.3 is 0 Å². The van der Waals surface area contributed by atoms with Crippen LogP contribution in [0.2, 0.25) is 0 Å². The topological polar surface area (TPSA) is 21.7 Å². The summed E-state index contributed by atoms with van der Waals surface area (Å²) in [5.74, 6) is 1.81. The highest BCUT2D eigenvalue weighted by atomic mass is 16.6. The number of ether oxygens (including phenoxy) is 2. The van der Waals surface area contributed by atoms with Crippen LogP contribution in [0.4, 0.5) is 0 Å². The van der Waals surface area contributed by atoms with Crippen molar-refractivity contribution in [3.63, 3.8) is 0 Å². The first-order valence-electron chi connectivity index (χ1n) is 7.03. The molecule has 0 unspecified atom stereocenters. The van der Waals surface area contributed by atoms with Crippen molar-refractivity contribution in [2.45, 2.75) is 25.7 Å². The minimum absolute atomic E-state index is 0.668. The molecule has 3 heteroatoms. The van der Waals surface area contributed by atoms with Crippen LogP contribution in [0.25, 0.3) is 0 Å². The van der Waals surface area contributed by atoms with Gasteiger partial charge in [-0.2, -0.15) is 0 Å². The van der Waals surface area contributed by atoms with Crippen molar-refractivity contribution in [3.8, 4) is 11.5 Å². The number of nitrogens with zero attached hydrogens (tertiary/aromatic N) is 1. The van der Waals surface area contributed by atoms with Crippen molar-refractivity contribution >= 4 is 0 Å². The van der Waals surface area contributed by atoms with Gasteiger partial charge in [-0.05, 0) is 63.0 Å². The van der Waals surface area contributed by atoms with Crippen LogP contribution in [-0.4, -0.2) is 37.7 Å². The molecule has 0 saturated carbocycles. The van der Waals surface area contributed by atoms with E-state index >= 15 is 0 Å². The number of hydrogen-bond donors (Lipinski definition) is 0. The smallest absolute Gasteiger partial charge is 0.161 e. The van der Waals surface area contributed by atoms with Crippen molar-refractivity contribution in [3.05, 3.63) is 23.8 Å². The van der Waals surface area contributed by atoms with Gasteiger partial charge in [-0.3, -0.25) is 0 Å². The maximum Gasteiger partial charge on any atom is 0.161 e. The third-order valence-electron chi connectivity index (χ3n) is 3.75. The number of fused-ring (bicyclic) bond motifs is 1. The second-order valence-corrected chi connectivity index (χ2v) is 5.13. The van der Waals surface area contributed by atoms with E-state index in [1.165, 1.54) is 44.5 Å². The lowest BCUT2D eigenvalue weighted by atomic mass is 10.1. The molecule has 18 heavy (non-hydrogen) atoms. The second kappa shape index (κ2) is 5.61. The molecule has 2 aliphatic heterocycles. The lowest BCUT2D eigenvalue weighted by Crippen LogP contribution is -2.20. The molecule has 0 spiro atoms. The zero-order chi connectivity index (χ0) is 12.2. The van der Waals surface area contributed by atoms with Crippen LogP contribution in [0, 0.1) is 0 Å². The zero-order valence-corrected chi connectivity index (χ0v) is 10.9. The Morgan fingerprint density at radius 2 is 1.78 bits per heavy atom. The minimum Gasteiger partial charge on any atom is -0.486 e. The number of hydrogen-bond acceptors (Lipinski definition) is 3. The van der Waals surface area contributed by atoms with Gasteiger partial charge in [-0.1, -0.05) is 6.07 Å². The van der Waals surface area contributed by atoms with Crippen molar-refractivity contribution < 1.29 is 9.47 Å². The van der Waals surface area contributed by atoms with E-state index in [1.54, 1.807) is 0 Å². The summed E-state index contributed by atoms with van der Waals surface area (Å²) in [5, 5.41) is 0. The molecule has 3 rings (SSSR count). The standard InChI is InChI=1S/C15H21NO2/c1-2-8-16(7-1)9-3-4-13-5-6-14-15(12-13)18-11-10-17-14/h5-6,12H,1-4,7-11H2. The van der Waals surface area contributed by atoms with Crippen LogP contribution in [0.1, 0.15) is 24.8 Å². The molecular formula is C15H21NO2. The minimum atomic E-state index is 0.668. The third-order valence-corrected chi connectivity index (χ3v) is 3.75. The molecule has 0 radical (unpaired) electrons. The highest BCUT2D eigenvalue weighted by molar-refractivity contribution is 5.43. The lowest BCUT2D eigenvalue weighted by molar-refractivity contribution is 0.171. The Morgan fingerprint density at radius 3 is 2.61 bits per heavy atom. The molecule has 1 fully saturated rings. The predicted octanol–water partition coefficient (Wildman–Crippen LogP) is 2.49. The van der Waals surface area contributed by atoms with Crippen molar-refractivity contribution in [1.82, 2.24) is 4.90 Å². The molecule has 0 atom stereocenters. The first-order chi connectivity index (χ1) is 8.92. The van der Waals surface area contributed by atoms with Crippen LogP contribution < -0.4 is 9.47 Å². The van der Waals surface area contributed by atoms with Crippen LogP contribution in [0.3, 0.4) is 0 Å². The molecule has 1 saturated heterocycles. The lowest BCUT2D eigenvalue weighted by Gasteiger charge is -2.19. The number of rotatable bonds is 4. The summed E-state index contributed by atoms with van der Waals surface area (Å²) >= 11 is 0. The fourth-order valence-corrected chi connectivity index (χ4v) is 2.76. The summed E-state index contributed by atoms with van der Waals surface area (Å²) in [7, 11) is 0. The summed E-state index contributed by atoms with van der Waals surface area (Å²) in [5.41, 5.74) is 1.36. The third kappa shape index (κ3) is 2.78. The summed E-state index contributed by atoms with van der Waals surface area (Å²) in [6, 6.07) is 6.34. The average Bonchev–Trinajstić information content (AvgIpc) is 2.92. The maximum absolute atomic E-state index is 5.61. The van der Waals surface area contributed by atoms with Crippen LogP contribution in [0.5, 0.6) is 11.5 Å². The maximum atomic E-state index is 5.61. The predicted molar refractivity (Wildman–Crippen MR) is 71.4 cm³/mol. The van der Waals surface area contributed by atoms with Crippen molar-refractivity contribution in [1.29, 1.82) is 0 Å². The Kier molecular flexibility index (Phi) is 3.69. The summed E-state index contributed by atoms with van der Waals surface area (Å²) in [4.78, 5) is 2.57. The number of likely N-dealkylation sites (tertiary alicyclic amines) is 1. The normalized spacial score (nSPS) is 19.1. The average molecular weight is 247 g/mol. The Labute approximate surface area is 109 Å². The Hall–Kier alpha value is -1.22. The van der Waals surface area contributed by atoms with Gasteiger partial charge < -0.3 is 14.4 Å². The molecule has 0 aromatic heterocycles. The fraction of sp³-hybridized carbons (Fsp3) is 0.600. The van der Waals surface area contributed by atoms with E-state index in [2.05, 4.69) is 17.0 Å². The van der Waals surface area contributed by atoms with E-state index in [4.69, 9.17) is 9.47 Å². The summed E-state index contributed by atoms with van der Waals surface area (Å²) in [6.07, 6.45) is 5.13. The molecule has 1 aromatic rings. The molecule has 0 N–H and O–H groups in total. The molecular weight excluding hydrogens is 226 g/mol. The number of benzene rings is 1. The van der Waals surface area contributed by atoms with E-state index in [0.717, 1.165) is 17.9 Å². The van der Waals surface area contributed by atoms with E-state index in [-0.39, 0.29) is 0 Å². The zero-order valence-electron chi connectivity index (χ0n) is 10.9. The van der Waals surface area contributed by atoms with Crippen LogP contribution in [0.15, 0.2) is 18.2 Å². The molecule has 0 bridgehead atoms. The Balaban J connectivity index is 1.52. The number of aryl methyl sites for hydroxylation is 1. The quantitative estimate of drug-likeness (QED) is 0.816. The molecule has 2 aliphatic rings. The van der Waals surface area contributed by atoms with Gasteiger partial charge in [0.05, 0.1) is 0 Å². The van der Waals surface area contributed by atoms with Gasteiger partial charge in [0.25, 0.3) is 0 Å². The molecule has 3 nitrogen and oxygen atoms in total. The van der Waals surface area contributed by atoms with Gasteiger partial charge in [-0.15, -0.1) is 0 Å². The molecule has 98 valence electrons. The van der Waals surface area contributed by atoms with E-state index < -0.39 is 0 Å². The van der Waals surface area contributed by atoms with Gasteiger partial charge in [-0.25, -0.2) is 0 Å². The summed E-state index contributed by atoms with van der Waals surface area (Å²) < 4.78 is 11.1. The monoisotopic (exact) mass is 247 g/mol. The summed E-state index contributed by atoms with van der Waals surface area (Å²) in [6.45, 7) is 5.16. The van der Waals surface area contributed by atoms with Gasteiger partial charge in [0.15, 0.2) is 11.5 Å². The van der Waals surface area contributed by atoms with Crippen molar-refractivity contribution in [2.24, 2.45) is 0 Å². The van der Waals surface area contributed by atoms with Crippen LogP contribution in [-0.2, 0) is 6.42 Å². The van der Waals surface area contributed by atoms with Gasteiger partial charge in [0.2, 0.25) is 0 Å². The SMILES string of the molecule is c1cc2c(cc1CCCN1CCCC1)OCCO2. The Morgan fingerprint density at radius 1 is 1.00 bits per heavy atom. The van der Waals surface area contributed by atoms with Crippen molar-refractivity contribution in [2.75, 3.05) is 32.8 Å². The first kappa shape index (κ1) is 11.8. The van der Waals surface area contributed by atoms with Crippen LogP contribution >= 0.6 is 0 Å².